The second kappa shape index (κ2) is 3.62. The van der Waals surface area contributed by atoms with Gasteiger partial charge >= 0.3 is 5.16 Å². The predicted molar refractivity (Wildman–Crippen MR) is 63.0 cm³/mol. The lowest BCUT2D eigenvalue weighted by Crippen LogP contribution is -2.25. The average molecular weight is 233 g/mol. The minimum absolute atomic E-state index is 0.615. The molecular formula is C11H11N3OS. The normalized spacial score (nSPS) is 20.2. The van der Waals surface area contributed by atoms with Crippen molar-refractivity contribution in [3.8, 4) is 0 Å². The van der Waals surface area contributed by atoms with Crippen molar-refractivity contribution in [2.75, 3.05) is 6.54 Å². The molecule has 1 aliphatic heterocycles. The standard InChI is InChI=1S/C11H11N3OS/c1-2-7-13-8-14-10-6-4-3-5-9(10)12-11(14)16(13)15/h2-6H,1,7-8H2. The van der Waals surface area contributed by atoms with E-state index in [0.717, 1.165) is 11.0 Å². The third kappa shape index (κ3) is 1.29. The van der Waals surface area contributed by atoms with Crippen molar-refractivity contribution in [2.24, 2.45) is 0 Å². The minimum Gasteiger partial charge on any atom is -0.590 e. The summed E-state index contributed by atoms with van der Waals surface area (Å²) in [5, 5.41) is 0.642. The molecule has 1 atom stereocenters. The maximum Gasteiger partial charge on any atom is 0.347 e. The van der Waals surface area contributed by atoms with E-state index in [1.165, 1.54) is 0 Å². The fourth-order valence-corrected chi connectivity index (χ4v) is 3.13. The largest absolute Gasteiger partial charge is 0.590 e. The number of nitrogens with zero attached hydrogens (tertiary/aromatic N) is 3. The van der Waals surface area contributed by atoms with E-state index in [9.17, 15) is 4.55 Å². The number of hydrogen-bond donors (Lipinski definition) is 0. The van der Waals surface area contributed by atoms with E-state index in [0.29, 0.717) is 18.4 Å². The summed E-state index contributed by atoms with van der Waals surface area (Å²) in [7, 11) is 0. The number of hydrogen-bond acceptors (Lipinski definition) is 3. The summed E-state index contributed by atoms with van der Waals surface area (Å²) in [6, 6.07) is 7.85. The second-order valence-electron chi connectivity index (χ2n) is 3.65. The Kier molecular flexibility index (Phi) is 2.24. The van der Waals surface area contributed by atoms with Gasteiger partial charge in [0.2, 0.25) is 0 Å². The summed E-state index contributed by atoms with van der Waals surface area (Å²) >= 11 is -1.15. The fourth-order valence-electron chi connectivity index (χ4n) is 1.92. The maximum atomic E-state index is 12.1. The van der Waals surface area contributed by atoms with Gasteiger partial charge in [-0.2, -0.15) is 4.98 Å². The Morgan fingerprint density at radius 1 is 1.50 bits per heavy atom. The van der Waals surface area contributed by atoms with Crippen LogP contribution in [-0.4, -0.2) is 25.0 Å². The van der Waals surface area contributed by atoms with Crippen molar-refractivity contribution in [1.82, 2.24) is 13.9 Å². The van der Waals surface area contributed by atoms with Gasteiger partial charge in [0.15, 0.2) is 0 Å². The molecule has 3 rings (SSSR count). The Hall–Kier alpha value is -1.30. The molecule has 1 aromatic carbocycles. The van der Waals surface area contributed by atoms with Gasteiger partial charge in [0, 0.05) is 0 Å². The second-order valence-corrected chi connectivity index (χ2v) is 5.03. The van der Waals surface area contributed by atoms with Crippen LogP contribution in [-0.2, 0) is 18.0 Å². The quantitative estimate of drug-likeness (QED) is 0.583. The van der Waals surface area contributed by atoms with Gasteiger partial charge in [-0.15, -0.1) is 6.58 Å². The molecule has 0 amide bonds. The van der Waals surface area contributed by atoms with E-state index in [2.05, 4.69) is 11.6 Å². The van der Waals surface area contributed by atoms with Gasteiger partial charge < -0.3 is 4.55 Å². The molecule has 0 aliphatic carbocycles. The van der Waals surface area contributed by atoms with Crippen LogP contribution in [0.4, 0.5) is 0 Å². The Morgan fingerprint density at radius 3 is 3.12 bits per heavy atom. The number of fused-ring (bicyclic) bond motifs is 3. The Bertz CT molecular complexity index is 551. The molecule has 1 aromatic heterocycles. The highest BCUT2D eigenvalue weighted by Crippen LogP contribution is 2.28. The molecule has 0 bridgehead atoms. The van der Waals surface area contributed by atoms with E-state index in [-0.39, 0.29) is 0 Å². The number of benzene rings is 1. The Labute approximate surface area is 96.5 Å². The Morgan fingerprint density at radius 2 is 2.31 bits per heavy atom. The smallest absolute Gasteiger partial charge is 0.347 e. The van der Waals surface area contributed by atoms with Gasteiger partial charge in [-0.05, 0) is 12.1 Å². The molecule has 4 nitrogen and oxygen atoms in total. The van der Waals surface area contributed by atoms with Crippen LogP contribution < -0.4 is 0 Å². The fraction of sp³-hybridized carbons (Fsp3) is 0.182. The van der Waals surface area contributed by atoms with Gasteiger partial charge in [-0.1, -0.05) is 22.5 Å². The number of para-hydroxylation sites is 2. The molecule has 1 aliphatic rings. The molecule has 2 aromatic rings. The first-order valence-electron chi connectivity index (χ1n) is 5.04. The Balaban J connectivity index is 2.10. The lowest BCUT2D eigenvalue weighted by atomic mass is 10.3. The highest BCUT2D eigenvalue weighted by atomic mass is 32.2. The third-order valence-electron chi connectivity index (χ3n) is 2.64. The van der Waals surface area contributed by atoms with E-state index in [1.807, 2.05) is 33.1 Å². The zero-order chi connectivity index (χ0) is 11.1. The van der Waals surface area contributed by atoms with Crippen LogP contribution in [0.5, 0.6) is 0 Å². The lowest BCUT2D eigenvalue weighted by molar-refractivity contribution is 0.409. The highest BCUT2D eigenvalue weighted by Gasteiger charge is 2.36. The average Bonchev–Trinajstić information content (AvgIpc) is 2.79. The molecule has 0 saturated heterocycles. The first-order chi connectivity index (χ1) is 7.81. The summed E-state index contributed by atoms with van der Waals surface area (Å²) in [6.07, 6.45) is 1.76. The zero-order valence-corrected chi connectivity index (χ0v) is 9.48. The van der Waals surface area contributed by atoms with Gasteiger partial charge in [0.25, 0.3) is 0 Å². The van der Waals surface area contributed by atoms with E-state index in [4.69, 9.17) is 0 Å². The highest BCUT2D eigenvalue weighted by molar-refractivity contribution is 7.89. The molecular weight excluding hydrogens is 222 g/mol. The van der Waals surface area contributed by atoms with Crippen molar-refractivity contribution < 1.29 is 4.55 Å². The first kappa shape index (κ1) is 9.89. The summed E-state index contributed by atoms with van der Waals surface area (Å²) in [4.78, 5) is 4.39. The molecule has 82 valence electrons. The number of rotatable bonds is 2. The van der Waals surface area contributed by atoms with Crippen LogP contribution >= 0.6 is 0 Å². The SMILES string of the molecule is C=CCN1Cn2c(nc3ccccc32)[S+]1[O-]. The van der Waals surface area contributed by atoms with Crippen LogP contribution in [0.15, 0.2) is 42.1 Å². The predicted octanol–water partition coefficient (Wildman–Crippen LogP) is 1.52. The van der Waals surface area contributed by atoms with Crippen LogP contribution in [0.25, 0.3) is 11.0 Å². The van der Waals surface area contributed by atoms with Crippen LogP contribution in [0.1, 0.15) is 0 Å². The van der Waals surface area contributed by atoms with Crippen LogP contribution in [0.2, 0.25) is 0 Å². The summed E-state index contributed by atoms with van der Waals surface area (Å²) < 4.78 is 15.9. The molecule has 0 saturated carbocycles. The molecule has 5 heteroatoms. The molecule has 2 heterocycles. The monoisotopic (exact) mass is 233 g/mol. The molecule has 0 fully saturated rings. The maximum absolute atomic E-state index is 12.1. The molecule has 0 radical (unpaired) electrons. The van der Waals surface area contributed by atoms with E-state index >= 15 is 0 Å². The minimum atomic E-state index is -1.15. The first-order valence-corrected chi connectivity index (χ1v) is 6.15. The van der Waals surface area contributed by atoms with Crippen LogP contribution in [0.3, 0.4) is 0 Å². The van der Waals surface area contributed by atoms with Crippen molar-refractivity contribution in [3.63, 3.8) is 0 Å². The summed E-state index contributed by atoms with van der Waals surface area (Å²) in [5.41, 5.74) is 1.95. The van der Waals surface area contributed by atoms with Gasteiger partial charge in [0.05, 0.1) is 17.6 Å². The van der Waals surface area contributed by atoms with Crippen molar-refractivity contribution in [2.45, 2.75) is 11.8 Å². The molecule has 0 N–H and O–H groups in total. The van der Waals surface area contributed by atoms with Crippen molar-refractivity contribution in [1.29, 1.82) is 0 Å². The molecule has 16 heavy (non-hydrogen) atoms. The lowest BCUT2D eigenvalue weighted by Gasteiger charge is -2.11. The summed E-state index contributed by atoms with van der Waals surface area (Å²) in [5.74, 6) is 0. The van der Waals surface area contributed by atoms with Crippen molar-refractivity contribution >= 4 is 22.4 Å². The molecule has 0 spiro atoms. The number of aromatic nitrogens is 2. The van der Waals surface area contributed by atoms with Gasteiger partial charge in [-0.25, -0.2) is 0 Å². The van der Waals surface area contributed by atoms with E-state index in [1.54, 1.807) is 6.08 Å². The van der Waals surface area contributed by atoms with E-state index < -0.39 is 11.4 Å². The van der Waals surface area contributed by atoms with Gasteiger partial charge in [-0.3, -0.25) is 4.57 Å². The third-order valence-corrected chi connectivity index (χ3v) is 4.00. The van der Waals surface area contributed by atoms with Crippen LogP contribution in [0, 0.1) is 0 Å². The number of imidazole rings is 1. The molecule has 1 unspecified atom stereocenters. The van der Waals surface area contributed by atoms with Crippen molar-refractivity contribution in [3.05, 3.63) is 36.9 Å². The topological polar surface area (TPSA) is 44.1 Å². The summed E-state index contributed by atoms with van der Waals surface area (Å²) in [6.45, 7) is 4.90. The van der Waals surface area contributed by atoms with Gasteiger partial charge in [0.1, 0.15) is 18.0 Å². The zero-order valence-electron chi connectivity index (χ0n) is 8.67.